The Morgan fingerprint density at radius 2 is 2.05 bits per heavy atom. The second-order valence-electron chi connectivity index (χ2n) is 5.43. The molecule has 19 heavy (non-hydrogen) atoms. The van der Waals surface area contributed by atoms with Crippen LogP contribution in [0.4, 0.5) is 5.69 Å². The Balaban J connectivity index is 2.08. The fourth-order valence-electron chi connectivity index (χ4n) is 2.76. The van der Waals surface area contributed by atoms with E-state index in [1.807, 2.05) is 19.9 Å². The topological polar surface area (TPSA) is 49.5 Å². The molecule has 2 rings (SSSR count). The first-order valence-electron chi connectivity index (χ1n) is 6.82. The highest BCUT2D eigenvalue weighted by Gasteiger charge is 2.22. The number of piperidine rings is 1. The molecule has 1 aliphatic rings. The number of anilines is 1. The van der Waals surface area contributed by atoms with Crippen LogP contribution < -0.4 is 10.6 Å². The van der Waals surface area contributed by atoms with E-state index in [0.29, 0.717) is 10.9 Å². The zero-order valence-electron chi connectivity index (χ0n) is 11.6. The zero-order chi connectivity index (χ0) is 14.0. The SMILES string of the molecule is Cc1cc(N2CCC(C(C)O)CC2)ccc1C(N)=S. The summed E-state index contributed by atoms with van der Waals surface area (Å²) >= 11 is 5.03. The van der Waals surface area contributed by atoms with Crippen LogP contribution in [0.5, 0.6) is 0 Å². The molecule has 1 aromatic carbocycles. The van der Waals surface area contributed by atoms with Crippen molar-refractivity contribution in [1.82, 2.24) is 0 Å². The Kier molecular flexibility index (Phi) is 4.42. The summed E-state index contributed by atoms with van der Waals surface area (Å²) in [6.45, 7) is 5.94. The van der Waals surface area contributed by atoms with Crippen molar-refractivity contribution < 1.29 is 5.11 Å². The Morgan fingerprint density at radius 1 is 1.42 bits per heavy atom. The normalized spacial score (nSPS) is 18.4. The fourth-order valence-corrected chi connectivity index (χ4v) is 2.99. The van der Waals surface area contributed by atoms with Crippen LogP contribution in [0.15, 0.2) is 18.2 Å². The molecule has 1 fully saturated rings. The molecule has 4 heteroatoms. The maximum Gasteiger partial charge on any atom is 0.104 e. The number of hydrogen-bond donors (Lipinski definition) is 2. The molecule has 1 heterocycles. The van der Waals surface area contributed by atoms with Gasteiger partial charge in [-0.25, -0.2) is 0 Å². The Hall–Kier alpha value is -1.13. The molecular weight excluding hydrogens is 256 g/mol. The van der Waals surface area contributed by atoms with Gasteiger partial charge in [-0.3, -0.25) is 0 Å². The lowest BCUT2D eigenvalue weighted by Crippen LogP contribution is -2.37. The summed E-state index contributed by atoms with van der Waals surface area (Å²) in [6.07, 6.45) is 1.91. The van der Waals surface area contributed by atoms with Gasteiger partial charge in [0.2, 0.25) is 0 Å². The van der Waals surface area contributed by atoms with Crippen molar-refractivity contribution in [3.05, 3.63) is 29.3 Å². The van der Waals surface area contributed by atoms with Crippen molar-refractivity contribution in [2.45, 2.75) is 32.8 Å². The summed E-state index contributed by atoms with van der Waals surface area (Å²) in [5.74, 6) is 0.438. The number of aryl methyl sites for hydroxylation is 1. The van der Waals surface area contributed by atoms with Gasteiger partial charge in [0.15, 0.2) is 0 Å². The van der Waals surface area contributed by atoms with Crippen molar-refractivity contribution in [3.8, 4) is 0 Å². The number of thiocarbonyl (C=S) groups is 1. The number of hydrogen-bond acceptors (Lipinski definition) is 3. The van der Waals surface area contributed by atoms with E-state index in [2.05, 4.69) is 17.0 Å². The summed E-state index contributed by atoms with van der Waals surface area (Å²) in [4.78, 5) is 2.83. The smallest absolute Gasteiger partial charge is 0.104 e. The van der Waals surface area contributed by atoms with Crippen molar-refractivity contribution in [1.29, 1.82) is 0 Å². The number of nitrogens with zero attached hydrogens (tertiary/aromatic N) is 1. The highest BCUT2D eigenvalue weighted by atomic mass is 32.1. The van der Waals surface area contributed by atoms with E-state index < -0.39 is 0 Å². The fraction of sp³-hybridized carbons (Fsp3) is 0.533. The molecule has 1 unspecified atom stereocenters. The van der Waals surface area contributed by atoms with Crippen LogP contribution in [-0.2, 0) is 0 Å². The molecule has 3 N–H and O–H groups in total. The molecular formula is C15H22N2OS. The number of benzene rings is 1. The van der Waals surface area contributed by atoms with E-state index in [-0.39, 0.29) is 6.10 Å². The summed E-state index contributed by atoms with van der Waals surface area (Å²) < 4.78 is 0. The van der Waals surface area contributed by atoms with Crippen molar-refractivity contribution >= 4 is 22.9 Å². The molecule has 1 atom stereocenters. The number of nitrogens with two attached hydrogens (primary N) is 1. The average molecular weight is 278 g/mol. The molecule has 1 aliphatic heterocycles. The molecule has 1 aromatic rings. The van der Waals surface area contributed by atoms with Crippen LogP contribution in [0.25, 0.3) is 0 Å². The number of aliphatic hydroxyl groups excluding tert-OH is 1. The van der Waals surface area contributed by atoms with E-state index in [4.69, 9.17) is 18.0 Å². The van der Waals surface area contributed by atoms with Crippen LogP contribution in [0.3, 0.4) is 0 Å². The highest BCUT2D eigenvalue weighted by Crippen LogP contribution is 2.26. The highest BCUT2D eigenvalue weighted by molar-refractivity contribution is 7.80. The van der Waals surface area contributed by atoms with Gasteiger partial charge in [0.1, 0.15) is 4.99 Å². The molecule has 0 amide bonds. The monoisotopic (exact) mass is 278 g/mol. The van der Waals surface area contributed by atoms with Crippen molar-refractivity contribution in [2.75, 3.05) is 18.0 Å². The van der Waals surface area contributed by atoms with Gasteiger partial charge in [-0.2, -0.15) is 0 Å². The summed E-state index contributed by atoms with van der Waals surface area (Å²) in [5.41, 5.74) is 8.99. The quantitative estimate of drug-likeness (QED) is 0.833. The van der Waals surface area contributed by atoms with Gasteiger partial charge >= 0.3 is 0 Å². The Labute approximate surface area is 120 Å². The third-order valence-corrected chi connectivity index (χ3v) is 4.28. The lowest BCUT2D eigenvalue weighted by atomic mass is 9.92. The van der Waals surface area contributed by atoms with Gasteiger partial charge in [-0.05, 0) is 56.4 Å². The summed E-state index contributed by atoms with van der Waals surface area (Å²) in [6, 6.07) is 6.25. The second-order valence-corrected chi connectivity index (χ2v) is 5.87. The maximum absolute atomic E-state index is 9.63. The first-order valence-corrected chi connectivity index (χ1v) is 7.23. The molecule has 0 bridgehead atoms. The standard InChI is InChI=1S/C15H22N2OS/c1-10-9-13(3-4-14(10)15(16)19)17-7-5-12(6-8-17)11(2)18/h3-4,9,11-12,18H,5-8H2,1-2H3,(H2,16,19). The minimum Gasteiger partial charge on any atom is -0.393 e. The molecule has 0 aromatic heterocycles. The second kappa shape index (κ2) is 5.88. The first-order chi connectivity index (χ1) is 8.99. The van der Waals surface area contributed by atoms with Crippen molar-refractivity contribution in [3.63, 3.8) is 0 Å². The molecule has 3 nitrogen and oxygen atoms in total. The van der Waals surface area contributed by atoms with E-state index in [9.17, 15) is 5.11 Å². The molecule has 0 aliphatic carbocycles. The third kappa shape index (κ3) is 3.25. The third-order valence-electron chi connectivity index (χ3n) is 4.06. The van der Waals surface area contributed by atoms with E-state index in [0.717, 1.165) is 37.1 Å². The molecule has 1 saturated heterocycles. The van der Waals surface area contributed by atoms with Gasteiger partial charge in [-0.1, -0.05) is 12.2 Å². The Morgan fingerprint density at radius 3 is 2.53 bits per heavy atom. The zero-order valence-corrected chi connectivity index (χ0v) is 12.4. The van der Waals surface area contributed by atoms with Gasteiger partial charge < -0.3 is 15.7 Å². The minimum absolute atomic E-state index is 0.194. The summed E-state index contributed by atoms with van der Waals surface area (Å²) in [7, 11) is 0. The lowest BCUT2D eigenvalue weighted by Gasteiger charge is -2.35. The predicted octanol–water partition coefficient (Wildman–Crippen LogP) is 2.23. The van der Waals surface area contributed by atoms with Crippen LogP contribution >= 0.6 is 12.2 Å². The van der Waals surface area contributed by atoms with Gasteiger partial charge in [-0.15, -0.1) is 0 Å². The lowest BCUT2D eigenvalue weighted by molar-refractivity contribution is 0.110. The van der Waals surface area contributed by atoms with E-state index >= 15 is 0 Å². The maximum atomic E-state index is 9.63. The molecule has 104 valence electrons. The van der Waals surface area contributed by atoms with Gasteiger partial charge in [0.05, 0.1) is 6.10 Å². The first kappa shape index (κ1) is 14.3. The predicted molar refractivity (Wildman–Crippen MR) is 83.7 cm³/mol. The minimum atomic E-state index is -0.194. The van der Waals surface area contributed by atoms with Crippen LogP contribution in [0.2, 0.25) is 0 Å². The van der Waals surface area contributed by atoms with Crippen LogP contribution in [-0.4, -0.2) is 29.3 Å². The van der Waals surface area contributed by atoms with Crippen LogP contribution in [0.1, 0.15) is 30.9 Å². The van der Waals surface area contributed by atoms with E-state index in [1.54, 1.807) is 0 Å². The largest absolute Gasteiger partial charge is 0.393 e. The number of rotatable bonds is 3. The van der Waals surface area contributed by atoms with E-state index in [1.165, 1.54) is 5.69 Å². The van der Waals surface area contributed by atoms with Crippen LogP contribution in [0, 0.1) is 12.8 Å². The molecule has 0 spiro atoms. The summed E-state index contributed by atoms with van der Waals surface area (Å²) in [5, 5.41) is 9.63. The molecule has 0 saturated carbocycles. The number of aliphatic hydroxyl groups is 1. The molecule has 0 radical (unpaired) electrons. The van der Waals surface area contributed by atoms with Gasteiger partial charge in [0.25, 0.3) is 0 Å². The Bertz CT molecular complexity index is 465. The van der Waals surface area contributed by atoms with Crippen molar-refractivity contribution in [2.24, 2.45) is 11.7 Å². The van der Waals surface area contributed by atoms with Gasteiger partial charge in [0, 0.05) is 24.3 Å². The average Bonchev–Trinajstić information content (AvgIpc) is 2.38.